The first-order valence-electron chi connectivity index (χ1n) is 35.8. The van der Waals surface area contributed by atoms with Crippen LogP contribution in [0.4, 0.5) is 0 Å². The summed E-state index contributed by atoms with van der Waals surface area (Å²) in [5.41, 5.74) is 1.09. The van der Waals surface area contributed by atoms with Gasteiger partial charge < -0.3 is 78.7 Å². The summed E-state index contributed by atoms with van der Waals surface area (Å²) in [6.45, 7) is 16.9. The van der Waals surface area contributed by atoms with E-state index < -0.39 is 46.8 Å². The first-order valence-corrected chi connectivity index (χ1v) is 35.8. The predicted molar refractivity (Wildman–Crippen MR) is 407 cm³/mol. The van der Waals surface area contributed by atoms with Crippen LogP contribution < -0.4 is 0 Å². The van der Waals surface area contributed by atoms with Gasteiger partial charge in [0.25, 0.3) is 0 Å². The van der Waals surface area contributed by atoms with Crippen molar-refractivity contribution in [2.75, 3.05) is 106 Å². The molecule has 8 N–H and O–H groups in total. The monoisotopic (exact) mass is 1390 g/mol. The third kappa shape index (κ3) is 16.8. The number of hydrogen-bond acceptors (Lipinski definition) is 16. The van der Waals surface area contributed by atoms with E-state index in [2.05, 4.69) is 115 Å². The van der Waals surface area contributed by atoms with Crippen LogP contribution in [-0.2, 0) is 37.9 Å². The number of hydrogen-bond donors (Lipinski definition) is 8. The van der Waals surface area contributed by atoms with Gasteiger partial charge in [0.2, 0.25) is 0 Å². The number of fused-ring (bicyclic) bond motifs is 6. The van der Waals surface area contributed by atoms with E-state index in [0.717, 1.165) is 70.7 Å². The SMILES string of the molecule is CC.CC.CC.CC.OCC1(CO)COC(c2c3ccccc3cc3ccccc23)OC1.OCC1(CO)COC(c2cc3ccccc3c3ccccc23)OC1.OCC1(CO)COC(c2ccc3ccc4cccc5ccc2c3c45)OC1.OCC1(CO)COC(c2cccc3ccccc23)OC1. The van der Waals surface area contributed by atoms with E-state index >= 15 is 0 Å². The fourth-order valence-electron chi connectivity index (χ4n) is 13.0. The molecule has 0 unspecified atom stereocenters. The summed E-state index contributed by atoms with van der Waals surface area (Å²) in [7, 11) is 0. The normalized spacial score (nSPS) is 17.3. The molecule has 4 aliphatic heterocycles. The van der Waals surface area contributed by atoms with Crippen molar-refractivity contribution in [1.82, 2.24) is 0 Å². The topological polar surface area (TPSA) is 236 Å². The molecule has 0 bridgehead atoms. The van der Waals surface area contributed by atoms with Gasteiger partial charge in [-0.15, -0.1) is 0 Å². The van der Waals surface area contributed by atoms with Gasteiger partial charge in [-0.1, -0.05) is 250 Å². The molecule has 12 aromatic carbocycles. The van der Waals surface area contributed by atoms with Crippen molar-refractivity contribution in [3.63, 3.8) is 0 Å². The second-order valence-corrected chi connectivity index (χ2v) is 25.6. The molecule has 0 radical (unpaired) electrons. The van der Waals surface area contributed by atoms with Crippen LogP contribution in [0.1, 0.15) is 103 Å². The third-order valence-corrected chi connectivity index (χ3v) is 19.0. The fourth-order valence-corrected chi connectivity index (χ4v) is 13.0. The Morgan fingerprint density at radius 2 is 0.529 bits per heavy atom. The highest BCUT2D eigenvalue weighted by atomic mass is 16.7. The van der Waals surface area contributed by atoms with E-state index in [4.69, 9.17) is 37.9 Å². The minimum absolute atomic E-state index is 0.147. The van der Waals surface area contributed by atoms with E-state index in [9.17, 15) is 40.9 Å². The van der Waals surface area contributed by atoms with Crippen LogP contribution in [0, 0.1) is 21.7 Å². The molecule has 102 heavy (non-hydrogen) atoms. The molecule has 542 valence electrons. The minimum atomic E-state index is -0.725. The molecule has 0 atom stereocenters. The van der Waals surface area contributed by atoms with E-state index in [1.807, 2.05) is 146 Å². The molecule has 12 aromatic rings. The average molecular weight is 1390 g/mol. The Bertz CT molecular complexity index is 4430. The Labute approximate surface area is 598 Å². The largest absolute Gasteiger partial charge is 0.396 e. The number of aliphatic hydroxyl groups is 8. The Morgan fingerprint density at radius 3 is 0.971 bits per heavy atom. The van der Waals surface area contributed by atoms with E-state index in [0.29, 0.717) is 0 Å². The van der Waals surface area contributed by atoms with Crippen LogP contribution in [0.5, 0.6) is 0 Å². The summed E-state index contributed by atoms with van der Waals surface area (Å²) in [6.07, 6.45) is -1.95. The lowest BCUT2D eigenvalue weighted by molar-refractivity contribution is -0.247. The molecule has 0 aliphatic carbocycles. The molecule has 16 heteroatoms. The van der Waals surface area contributed by atoms with Gasteiger partial charge >= 0.3 is 0 Å². The summed E-state index contributed by atoms with van der Waals surface area (Å²) in [4.78, 5) is 0. The second-order valence-electron chi connectivity index (χ2n) is 25.6. The van der Waals surface area contributed by atoms with Gasteiger partial charge in [0, 0.05) is 22.3 Å². The molecule has 16 rings (SSSR count). The summed E-state index contributed by atoms with van der Waals surface area (Å²) in [5.74, 6) is 0. The molecular weight excluding hydrogens is 1290 g/mol. The number of rotatable bonds is 12. The van der Waals surface area contributed by atoms with Crippen molar-refractivity contribution < 1.29 is 78.7 Å². The lowest BCUT2D eigenvalue weighted by Crippen LogP contribution is -2.44. The highest BCUT2D eigenvalue weighted by Crippen LogP contribution is 2.44. The highest BCUT2D eigenvalue weighted by molar-refractivity contribution is 6.23. The fraction of sp³-hybridized carbons (Fsp3) is 0.372. The zero-order valence-electron chi connectivity index (χ0n) is 60.1. The van der Waals surface area contributed by atoms with Crippen molar-refractivity contribution in [3.05, 3.63) is 229 Å². The average Bonchev–Trinajstić information content (AvgIpc) is 0.738. The Hall–Kier alpha value is -7.66. The molecule has 0 amide bonds. The molecule has 16 nitrogen and oxygen atoms in total. The van der Waals surface area contributed by atoms with Gasteiger partial charge in [-0.05, 0) is 98.3 Å². The van der Waals surface area contributed by atoms with Crippen LogP contribution in [0.2, 0.25) is 0 Å². The van der Waals surface area contributed by atoms with Crippen molar-refractivity contribution in [2.24, 2.45) is 21.7 Å². The van der Waals surface area contributed by atoms with Gasteiger partial charge in [-0.3, -0.25) is 0 Å². The first-order chi connectivity index (χ1) is 50.0. The van der Waals surface area contributed by atoms with Crippen molar-refractivity contribution >= 4 is 86.2 Å². The van der Waals surface area contributed by atoms with Crippen LogP contribution in [0.25, 0.3) is 86.2 Å². The van der Waals surface area contributed by atoms with Crippen molar-refractivity contribution in [3.8, 4) is 0 Å². The zero-order chi connectivity index (χ0) is 72.9. The molecule has 0 saturated carbocycles. The predicted octanol–water partition coefficient (Wildman–Crippen LogP) is 15.6. The summed E-state index contributed by atoms with van der Waals surface area (Å²) >= 11 is 0. The number of aliphatic hydroxyl groups excluding tert-OH is 8. The van der Waals surface area contributed by atoms with Crippen LogP contribution in [0.3, 0.4) is 0 Å². The molecule has 4 heterocycles. The maximum absolute atomic E-state index is 9.54. The Kier molecular flexibility index (Phi) is 28.6. The Balaban J connectivity index is 0.000000153. The lowest BCUT2D eigenvalue weighted by atomic mass is 9.90. The quantitative estimate of drug-likeness (QED) is 0.0419. The van der Waals surface area contributed by atoms with Gasteiger partial charge in [-0.25, -0.2) is 0 Å². The lowest BCUT2D eigenvalue weighted by Gasteiger charge is -2.38. The highest BCUT2D eigenvalue weighted by Gasteiger charge is 2.41. The maximum Gasteiger partial charge on any atom is 0.185 e. The smallest absolute Gasteiger partial charge is 0.185 e. The summed E-state index contributed by atoms with van der Waals surface area (Å²) in [5, 5.41) is 94.4. The third-order valence-electron chi connectivity index (χ3n) is 19.0. The van der Waals surface area contributed by atoms with Crippen molar-refractivity contribution in [2.45, 2.75) is 80.6 Å². The van der Waals surface area contributed by atoms with Gasteiger partial charge in [0.15, 0.2) is 25.2 Å². The molecule has 0 aromatic heterocycles. The van der Waals surface area contributed by atoms with E-state index in [1.165, 1.54) is 37.7 Å². The number of benzene rings is 12. The molecule has 0 spiro atoms. The van der Waals surface area contributed by atoms with Gasteiger partial charge in [-0.2, -0.15) is 0 Å². The van der Waals surface area contributed by atoms with Crippen LogP contribution >= 0.6 is 0 Å². The van der Waals surface area contributed by atoms with E-state index in [-0.39, 0.29) is 106 Å². The minimum Gasteiger partial charge on any atom is -0.396 e. The van der Waals surface area contributed by atoms with E-state index in [1.54, 1.807) is 0 Å². The number of ether oxygens (including phenoxy) is 8. The second kappa shape index (κ2) is 37.2. The van der Waals surface area contributed by atoms with Crippen LogP contribution in [-0.4, -0.2) is 147 Å². The maximum atomic E-state index is 9.54. The Morgan fingerprint density at radius 1 is 0.235 bits per heavy atom. The van der Waals surface area contributed by atoms with Crippen molar-refractivity contribution in [1.29, 1.82) is 0 Å². The zero-order valence-corrected chi connectivity index (χ0v) is 60.1. The first kappa shape index (κ1) is 78.5. The molecule has 4 saturated heterocycles. The molecule has 4 fully saturated rings. The summed E-state index contributed by atoms with van der Waals surface area (Å²) < 4.78 is 46.9. The van der Waals surface area contributed by atoms with Crippen LogP contribution in [0.15, 0.2) is 206 Å². The van der Waals surface area contributed by atoms with Gasteiger partial charge in [0.1, 0.15) is 0 Å². The molecular formula is C86H102O16. The standard InChI is InChI=1S/C22H20O4.2C20H20O4.C16H18O4.4C2H6/c23-10-22(11-24)12-25-21(26-13-22)18-9-7-16-5-4-14-2-1-3-15-6-8-17(18)20(16)19(14)15;21-10-20(11-22)12-23-19(24-13-20)18-16-7-3-1-5-14(16)9-15-6-2-4-8-17(15)18;21-10-20(11-22)12-23-19(24-13-20)18-9-14-5-1-2-6-15(14)16-7-3-4-8-17(16)18;17-8-16(9-18)10-19-15(20-11-16)14-7-3-5-12-4-1-2-6-13(12)14;4*1-2/h1-9,21,23-24H,10-13H2;2*1-9,19,21-22H,10-13H2;1-7,15,17-18H,8-11H2;4*1-2H3. The van der Waals surface area contributed by atoms with Gasteiger partial charge in [0.05, 0.1) is 127 Å². The molecule has 4 aliphatic rings. The summed E-state index contributed by atoms with van der Waals surface area (Å²) in [6, 6.07) is 70.3.